The molecule has 3 aromatic rings. The number of aromatic hydroxyl groups is 1. The third-order valence-corrected chi connectivity index (χ3v) is 4.22. The van der Waals surface area contributed by atoms with Crippen molar-refractivity contribution in [2.24, 2.45) is 5.92 Å². The first kappa shape index (κ1) is 17.7. The van der Waals surface area contributed by atoms with Gasteiger partial charge in [0.2, 0.25) is 0 Å². The molecule has 2 heterocycles. The molecule has 0 aliphatic rings. The molecule has 0 atom stereocenters. The summed E-state index contributed by atoms with van der Waals surface area (Å²) >= 11 is 0. The molecule has 26 heavy (non-hydrogen) atoms. The van der Waals surface area contributed by atoms with Crippen molar-refractivity contribution < 1.29 is 9.90 Å². The van der Waals surface area contributed by atoms with E-state index in [1.165, 1.54) is 6.20 Å². The Morgan fingerprint density at radius 1 is 1.23 bits per heavy atom. The van der Waals surface area contributed by atoms with Crippen LogP contribution in [0.25, 0.3) is 10.9 Å². The number of carbonyl (C=O) groups excluding carboxylic acids is 1. The first-order chi connectivity index (χ1) is 12.5. The monoisotopic (exact) mass is 351 g/mol. The number of aromatic nitrogens is 2. The first-order valence-corrected chi connectivity index (χ1v) is 8.55. The number of rotatable bonds is 5. The molecule has 2 N–H and O–H groups in total. The van der Waals surface area contributed by atoms with Gasteiger partial charge < -0.3 is 15.0 Å². The number of anilines is 1. The molecule has 0 aliphatic heterocycles. The van der Waals surface area contributed by atoms with Crippen LogP contribution in [0.15, 0.2) is 53.6 Å². The third kappa shape index (κ3) is 3.44. The van der Waals surface area contributed by atoms with Crippen LogP contribution >= 0.6 is 0 Å². The summed E-state index contributed by atoms with van der Waals surface area (Å²) in [5.41, 5.74) is 0.325. The van der Waals surface area contributed by atoms with Crippen LogP contribution in [0.3, 0.4) is 0 Å². The smallest absolute Gasteiger partial charge is 0.267 e. The fraction of sp³-hybridized carbons (Fsp3) is 0.250. The summed E-state index contributed by atoms with van der Waals surface area (Å²) in [5, 5.41) is 13.7. The molecule has 0 unspecified atom stereocenters. The quantitative estimate of drug-likeness (QED) is 0.738. The Morgan fingerprint density at radius 2 is 2.00 bits per heavy atom. The van der Waals surface area contributed by atoms with Gasteiger partial charge in [0.1, 0.15) is 11.3 Å². The van der Waals surface area contributed by atoms with Gasteiger partial charge in [0, 0.05) is 18.1 Å². The van der Waals surface area contributed by atoms with E-state index in [0.29, 0.717) is 29.1 Å². The number of para-hydroxylation sites is 1. The molecule has 0 aliphatic carbocycles. The second-order valence-electron chi connectivity index (χ2n) is 6.58. The summed E-state index contributed by atoms with van der Waals surface area (Å²) in [6.45, 7) is 4.62. The van der Waals surface area contributed by atoms with Crippen LogP contribution in [-0.2, 0) is 6.54 Å². The van der Waals surface area contributed by atoms with E-state index < -0.39 is 11.5 Å². The van der Waals surface area contributed by atoms with Gasteiger partial charge in [-0.25, -0.2) is 0 Å². The van der Waals surface area contributed by atoms with E-state index in [1.54, 1.807) is 41.1 Å². The van der Waals surface area contributed by atoms with Crippen molar-refractivity contribution in [2.45, 2.75) is 26.8 Å². The molecule has 0 fully saturated rings. The van der Waals surface area contributed by atoms with Crippen LogP contribution in [0.4, 0.5) is 5.69 Å². The highest BCUT2D eigenvalue weighted by Gasteiger charge is 2.22. The van der Waals surface area contributed by atoms with E-state index in [4.69, 9.17) is 0 Å². The summed E-state index contributed by atoms with van der Waals surface area (Å²) in [6.07, 6.45) is 3.85. The lowest BCUT2D eigenvalue weighted by molar-refractivity contribution is 0.102. The molecular weight excluding hydrogens is 330 g/mol. The number of aryl methyl sites for hydroxylation is 1. The van der Waals surface area contributed by atoms with E-state index in [1.807, 2.05) is 6.07 Å². The van der Waals surface area contributed by atoms with Crippen molar-refractivity contribution >= 4 is 22.5 Å². The zero-order valence-electron chi connectivity index (χ0n) is 14.8. The van der Waals surface area contributed by atoms with Crippen LogP contribution in [0.5, 0.6) is 5.75 Å². The molecule has 2 aromatic heterocycles. The van der Waals surface area contributed by atoms with E-state index >= 15 is 0 Å². The van der Waals surface area contributed by atoms with E-state index in [0.717, 1.165) is 6.42 Å². The Labute approximate surface area is 151 Å². The van der Waals surface area contributed by atoms with Crippen LogP contribution in [0.1, 0.15) is 30.6 Å². The SMILES string of the molecule is CC(C)CCn1c(=O)c(C(=O)Nc2cccnc2)c(O)c2ccccc21. The van der Waals surface area contributed by atoms with E-state index in [-0.39, 0.29) is 11.3 Å². The molecule has 134 valence electrons. The lowest BCUT2D eigenvalue weighted by Crippen LogP contribution is -2.30. The summed E-state index contributed by atoms with van der Waals surface area (Å²) < 4.78 is 1.56. The minimum absolute atomic E-state index is 0.253. The lowest BCUT2D eigenvalue weighted by Gasteiger charge is -2.15. The standard InChI is InChI=1S/C20H21N3O3/c1-13(2)9-11-23-16-8-4-3-7-15(16)18(24)17(20(23)26)19(25)22-14-6-5-10-21-12-14/h3-8,10,12-13,24H,9,11H2,1-2H3,(H,22,25). The van der Waals surface area contributed by atoms with E-state index in [9.17, 15) is 14.7 Å². The fourth-order valence-electron chi connectivity index (χ4n) is 2.83. The molecule has 1 amide bonds. The number of nitrogens with zero attached hydrogens (tertiary/aromatic N) is 2. The highest BCUT2D eigenvalue weighted by atomic mass is 16.3. The number of hydrogen-bond donors (Lipinski definition) is 2. The molecule has 1 aromatic carbocycles. The summed E-state index contributed by atoms with van der Waals surface area (Å²) in [4.78, 5) is 29.6. The average Bonchev–Trinajstić information content (AvgIpc) is 2.62. The van der Waals surface area contributed by atoms with Gasteiger partial charge in [0.05, 0.1) is 17.4 Å². The average molecular weight is 351 g/mol. The zero-order chi connectivity index (χ0) is 18.7. The second kappa shape index (κ2) is 7.39. The fourth-order valence-corrected chi connectivity index (χ4v) is 2.83. The predicted octanol–water partition coefficient (Wildman–Crippen LogP) is 3.40. The summed E-state index contributed by atoms with van der Waals surface area (Å²) in [5.74, 6) is -0.542. The summed E-state index contributed by atoms with van der Waals surface area (Å²) in [6, 6.07) is 10.4. The predicted molar refractivity (Wildman–Crippen MR) is 102 cm³/mol. The molecule has 0 bridgehead atoms. The van der Waals surface area contributed by atoms with Gasteiger partial charge in [0.25, 0.3) is 11.5 Å². The van der Waals surface area contributed by atoms with Gasteiger partial charge >= 0.3 is 0 Å². The van der Waals surface area contributed by atoms with Gasteiger partial charge in [-0.15, -0.1) is 0 Å². The molecule has 0 spiro atoms. The van der Waals surface area contributed by atoms with Crippen molar-refractivity contribution in [2.75, 3.05) is 5.32 Å². The second-order valence-corrected chi connectivity index (χ2v) is 6.58. The Balaban J connectivity index is 2.12. The van der Waals surface area contributed by atoms with Gasteiger partial charge in [-0.1, -0.05) is 26.0 Å². The number of hydrogen-bond acceptors (Lipinski definition) is 4. The maximum absolute atomic E-state index is 13.0. The van der Waals surface area contributed by atoms with Crippen LogP contribution in [-0.4, -0.2) is 20.6 Å². The maximum atomic E-state index is 13.0. The molecule has 0 saturated carbocycles. The minimum Gasteiger partial charge on any atom is -0.506 e. The molecule has 0 radical (unpaired) electrons. The van der Waals surface area contributed by atoms with Crippen molar-refractivity contribution in [3.63, 3.8) is 0 Å². The van der Waals surface area contributed by atoms with Crippen molar-refractivity contribution in [1.29, 1.82) is 0 Å². The van der Waals surface area contributed by atoms with E-state index in [2.05, 4.69) is 24.1 Å². The van der Waals surface area contributed by atoms with Gasteiger partial charge in [-0.3, -0.25) is 14.6 Å². The highest BCUT2D eigenvalue weighted by molar-refractivity contribution is 6.09. The highest BCUT2D eigenvalue weighted by Crippen LogP contribution is 2.27. The largest absolute Gasteiger partial charge is 0.506 e. The Hall–Kier alpha value is -3.15. The van der Waals surface area contributed by atoms with Crippen molar-refractivity contribution in [3.05, 3.63) is 64.7 Å². The number of nitrogens with one attached hydrogen (secondary N) is 1. The third-order valence-electron chi connectivity index (χ3n) is 4.22. The molecule has 3 rings (SSSR count). The molecule has 0 saturated heterocycles. The number of fused-ring (bicyclic) bond motifs is 1. The molecule has 6 heteroatoms. The zero-order valence-corrected chi connectivity index (χ0v) is 14.8. The minimum atomic E-state index is -0.649. The number of pyridine rings is 2. The van der Waals surface area contributed by atoms with Crippen LogP contribution < -0.4 is 10.9 Å². The Morgan fingerprint density at radius 3 is 2.69 bits per heavy atom. The topological polar surface area (TPSA) is 84.2 Å². The van der Waals surface area contributed by atoms with Crippen molar-refractivity contribution in [1.82, 2.24) is 9.55 Å². The Bertz CT molecular complexity index is 994. The van der Waals surface area contributed by atoms with Gasteiger partial charge in [0.15, 0.2) is 0 Å². The van der Waals surface area contributed by atoms with Crippen LogP contribution in [0.2, 0.25) is 0 Å². The first-order valence-electron chi connectivity index (χ1n) is 8.55. The number of amides is 1. The van der Waals surface area contributed by atoms with Crippen LogP contribution in [0, 0.1) is 5.92 Å². The number of benzene rings is 1. The summed E-state index contributed by atoms with van der Waals surface area (Å²) in [7, 11) is 0. The number of carbonyl (C=O) groups is 1. The Kier molecular flexibility index (Phi) is 5.02. The lowest BCUT2D eigenvalue weighted by atomic mass is 10.1. The van der Waals surface area contributed by atoms with Crippen molar-refractivity contribution in [3.8, 4) is 5.75 Å². The molecular formula is C20H21N3O3. The maximum Gasteiger partial charge on any atom is 0.267 e. The van der Waals surface area contributed by atoms with Gasteiger partial charge in [-0.2, -0.15) is 0 Å². The normalized spacial score (nSPS) is 11.0. The molecule has 6 nitrogen and oxygen atoms in total. The van der Waals surface area contributed by atoms with Gasteiger partial charge in [-0.05, 0) is 36.6 Å².